The van der Waals surface area contributed by atoms with E-state index in [1.54, 1.807) is 19.1 Å². The maximum absolute atomic E-state index is 12.2. The number of rotatable bonds is 4. The summed E-state index contributed by atoms with van der Waals surface area (Å²) >= 11 is 3.22. The molecule has 0 aliphatic carbocycles. The molecule has 0 amide bonds. The summed E-state index contributed by atoms with van der Waals surface area (Å²) in [6.07, 6.45) is 0. The van der Waals surface area contributed by atoms with E-state index >= 15 is 0 Å². The number of aryl methyl sites for hydroxylation is 1. The highest BCUT2D eigenvalue weighted by Gasteiger charge is 2.09. The molecule has 0 spiro atoms. The molecule has 0 aromatic heterocycles. The molecule has 0 radical (unpaired) electrons. The number of benzene rings is 2. The van der Waals surface area contributed by atoms with Gasteiger partial charge in [-0.05, 0) is 31.2 Å². The number of hydrogen-bond donors (Lipinski definition) is 0. The minimum atomic E-state index is -3.91. The van der Waals surface area contributed by atoms with E-state index in [9.17, 15) is 18.5 Å². The number of nitro benzene ring substituents is 1. The third-order valence-corrected chi connectivity index (χ3v) is 4.57. The molecule has 0 atom stereocenters. The standard InChI is InChI=1S/C13H10BrN2O4S/c1-9-2-5-11(16(17)18)8-13(9)15-21(19,20)12-6-3-10(14)4-7-12/h2-8H,1H3/q-1. The summed E-state index contributed by atoms with van der Waals surface area (Å²) in [5.41, 5.74) is 0.402. The van der Waals surface area contributed by atoms with Gasteiger partial charge in [0.15, 0.2) is 0 Å². The van der Waals surface area contributed by atoms with Crippen molar-refractivity contribution < 1.29 is 13.3 Å². The van der Waals surface area contributed by atoms with Gasteiger partial charge in [-0.1, -0.05) is 27.6 Å². The third kappa shape index (κ3) is 3.59. The number of halogens is 1. The monoisotopic (exact) mass is 369 g/mol. The van der Waals surface area contributed by atoms with Crippen LogP contribution in [0.3, 0.4) is 0 Å². The minimum Gasteiger partial charge on any atom is -0.572 e. The summed E-state index contributed by atoms with van der Waals surface area (Å²) in [5.74, 6) is 0. The quantitative estimate of drug-likeness (QED) is 0.599. The highest BCUT2D eigenvalue weighted by Crippen LogP contribution is 2.33. The Balaban J connectivity index is 2.38. The molecule has 0 aliphatic heterocycles. The highest BCUT2D eigenvalue weighted by atomic mass is 79.9. The SMILES string of the molecule is Cc1ccc([N+](=O)[O-])cc1[N-]S(=O)(=O)c1ccc(Br)cc1. The lowest BCUT2D eigenvalue weighted by Crippen LogP contribution is -1.98. The molecule has 2 aromatic carbocycles. The van der Waals surface area contributed by atoms with Crippen LogP contribution in [-0.2, 0) is 10.0 Å². The van der Waals surface area contributed by atoms with Crippen molar-refractivity contribution in [3.63, 3.8) is 0 Å². The lowest BCUT2D eigenvalue weighted by Gasteiger charge is -2.23. The topological polar surface area (TPSA) is 91.4 Å². The largest absolute Gasteiger partial charge is 0.572 e. The molecular formula is C13H10BrN2O4S-. The molecule has 0 saturated carbocycles. The van der Waals surface area contributed by atoms with E-state index < -0.39 is 14.9 Å². The van der Waals surface area contributed by atoms with Crippen molar-refractivity contribution in [2.45, 2.75) is 11.8 Å². The van der Waals surface area contributed by atoms with E-state index in [-0.39, 0.29) is 16.3 Å². The molecule has 0 heterocycles. The smallest absolute Gasteiger partial charge is 0.268 e. The summed E-state index contributed by atoms with van der Waals surface area (Å²) in [6, 6.07) is 9.91. The first-order valence-electron chi connectivity index (χ1n) is 5.78. The predicted molar refractivity (Wildman–Crippen MR) is 82.2 cm³/mol. The van der Waals surface area contributed by atoms with Gasteiger partial charge in [-0.25, -0.2) is 8.42 Å². The van der Waals surface area contributed by atoms with Crippen LogP contribution in [0, 0.1) is 17.0 Å². The number of nitro groups is 1. The Kier molecular flexibility index (Phi) is 4.29. The Hall–Kier alpha value is -1.93. The van der Waals surface area contributed by atoms with Crippen molar-refractivity contribution in [2.75, 3.05) is 0 Å². The van der Waals surface area contributed by atoms with E-state index in [1.807, 2.05) is 0 Å². The first-order valence-corrected chi connectivity index (χ1v) is 8.01. The Bertz CT molecular complexity index is 788. The molecule has 2 aromatic rings. The fourth-order valence-electron chi connectivity index (χ4n) is 1.60. The maximum atomic E-state index is 12.2. The Morgan fingerprint density at radius 2 is 1.76 bits per heavy atom. The van der Waals surface area contributed by atoms with Gasteiger partial charge in [0.25, 0.3) is 5.69 Å². The number of nitrogens with zero attached hydrogens (tertiary/aromatic N) is 2. The van der Waals surface area contributed by atoms with Gasteiger partial charge in [0.2, 0.25) is 0 Å². The second-order valence-electron chi connectivity index (χ2n) is 4.25. The van der Waals surface area contributed by atoms with Crippen LogP contribution in [0.5, 0.6) is 0 Å². The second-order valence-corrected chi connectivity index (χ2v) is 6.77. The lowest BCUT2D eigenvalue weighted by atomic mass is 10.2. The van der Waals surface area contributed by atoms with Crippen molar-refractivity contribution in [3.8, 4) is 0 Å². The zero-order valence-corrected chi connectivity index (χ0v) is 13.3. The molecule has 0 unspecified atom stereocenters. The molecule has 0 N–H and O–H groups in total. The summed E-state index contributed by atoms with van der Waals surface area (Å²) < 4.78 is 28.8. The average Bonchev–Trinajstić information content (AvgIpc) is 2.41. The molecule has 0 fully saturated rings. The first kappa shape index (κ1) is 15.5. The van der Waals surface area contributed by atoms with Gasteiger partial charge in [-0.3, -0.25) is 10.1 Å². The molecule has 2 rings (SSSR count). The van der Waals surface area contributed by atoms with Crippen LogP contribution in [0.25, 0.3) is 4.72 Å². The van der Waals surface area contributed by atoms with E-state index in [0.717, 1.165) is 10.5 Å². The summed E-state index contributed by atoms with van der Waals surface area (Å²) in [4.78, 5) is 10.2. The molecule has 8 heteroatoms. The summed E-state index contributed by atoms with van der Waals surface area (Å²) in [6.45, 7) is 1.64. The first-order chi connectivity index (χ1) is 9.79. The second kappa shape index (κ2) is 5.82. The van der Waals surface area contributed by atoms with Gasteiger partial charge in [0.05, 0.1) is 9.82 Å². The molecule has 0 bridgehead atoms. The van der Waals surface area contributed by atoms with Crippen molar-refractivity contribution in [1.82, 2.24) is 0 Å². The zero-order valence-electron chi connectivity index (χ0n) is 10.9. The molecular weight excluding hydrogens is 360 g/mol. The molecule has 0 saturated heterocycles. The van der Waals surface area contributed by atoms with Crippen LogP contribution >= 0.6 is 15.9 Å². The summed E-state index contributed by atoms with van der Waals surface area (Å²) in [5, 5.41) is 10.7. The fourth-order valence-corrected chi connectivity index (χ4v) is 2.90. The Morgan fingerprint density at radius 3 is 2.33 bits per heavy atom. The zero-order chi connectivity index (χ0) is 15.6. The third-order valence-electron chi connectivity index (χ3n) is 2.73. The molecule has 0 aliphatic rings. The summed E-state index contributed by atoms with van der Waals surface area (Å²) in [7, 11) is -3.91. The van der Waals surface area contributed by atoms with Crippen molar-refractivity contribution >= 4 is 37.3 Å². The minimum absolute atomic E-state index is 0.0246. The van der Waals surface area contributed by atoms with Crippen LogP contribution < -0.4 is 0 Å². The van der Waals surface area contributed by atoms with E-state index in [4.69, 9.17) is 0 Å². The normalized spacial score (nSPS) is 11.1. The van der Waals surface area contributed by atoms with Gasteiger partial charge >= 0.3 is 0 Å². The van der Waals surface area contributed by atoms with E-state index in [2.05, 4.69) is 20.7 Å². The van der Waals surface area contributed by atoms with Crippen molar-refractivity contribution in [2.24, 2.45) is 0 Å². The van der Waals surface area contributed by atoms with Gasteiger partial charge in [0.1, 0.15) is 10.0 Å². The molecule has 110 valence electrons. The molecule has 21 heavy (non-hydrogen) atoms. The fraction of sp³-hybridized carbons (Fsp3) is 0.0769. The Labute approximate surface area is 130 Å². The number of hydrogen-bond acceptors (Lipinski definition) is 4. The number of sulfonamides is 1. The Morgan fingerprint density at radius 1 is 1.14 bits per heavy atom. The van der Waals surface area contributed by atoms with Gasteiger partial charge in [0, 0.05) is 16.6 Å². The van der Waals surface area contributed by atoms with Crippen LogP contribution in [0.4, 0.5) is 11.4 Å². The van der Waals surface area contributed by atoms with Crippen LogP contribution in [0.1, 0.15) is 5.56 Å². The highest BCUT2D eigenvalue weighted by molar-refractivity contribution is 9.10. The van der Waals surface area contributed by atoms with Crippen LogP contribution in [0.15, 0.2) is 51.8 Å². The van der Waals surface area contributed by atoms with Crippen molar-refractivity contribution in [3.05, 3.63) is 67.3 Å². The maximum Gasteiger partial charge on any atom is 0.268 e. The average molecular weight is 370 g/mol. The lowest BCUT2D eigenvalue weighted by molar-refractivity contribution is -0.384. The van der Waals surface area contributed by atoms with Gasteiger partial charge in [-0.15, -0.1) is 5.69 Å². The van der Waals surface area contributed by atoms with Crippen LogP contribution in [-0.4, -0.2) is 13.3 Å². The van der Waals surface area contributed by atoms with E-state index in [1.165, 1.54) is 24.3 Å². The number of non-ortho nitro benzene ring substituents is 1. The molecule has 6 nitrogen and oxygen atoms in total. The van der Waals surface area contributed by atoms with E-state index in [0.29, 0.717) is 5.56 Å². The van der Waals surface area contributed by atoms with Gasteiger partial charge in [-0.2, -0.15) is 0 Å². The van der Waals surface area contributed by atoms with Crippen molar-refractivity contribution in [1.29, 1.82) is 0 Å². The van der Waals surface area contributed by atoms with Gasteiger partial charge < -0.3 is 4.72 Å². The predicted octanol–water partition coefficient (Wildman–Crippen LogP) is 4.06. The van der Waals surface area contributed by atoms with Crippen LogP contribution in [0.2, 0.25) is 0 Å².